The minimum Gasteiger partial charge on any atom is -0.336 e. The first-order valence-corrected chi connectivity index (χ1v) is 10.7. The van der Waals surface area contributed by atoms with E-state index in [1.807, 2.05) is 6.92 Å². The third-order valence-corrected chi connectivity index (χ3v) is 6.62. The molecule has 2 heterocycles. The predicted molar refractivity (Wildman–Crippen MR) is 104 cm³/mol. The minimum atomic E-state index is -3.73. The zero-order chi connectivity index (χ0) is 20.3. The van der Waals surface area contributed by atoms with Gasteiger partial charge in [0.25, 0.3) is 10.0 Å². The van der Waals surface area contributed by atoms with Gasteiger partial charge in [-0.05, 0) is 38.8 Å². The van der Waals surface area contributed by atoms with E-state index in [1.54, 1.807) is 28.8 Å². The maximum absolute atomic E-state index is 12.8. The number of piperidine rings is 1. The van der Waals surface area contributed by atoms with Crippen molar-refractivity contribution in [2.75, 3.05) is 18.4 Å². The fraction of sp³-hybridized carbons (Fsp3) is 0.421. The minimum absolute atomic E-state index is 0.00423. The van der Waals surface area contributed by atoms with Crippen LogP contribution in [0.3, 0.4) is 0 Å². The molecule has 1 amide bonds. The fourth-order valence-electron chi connectivity index (χ4n) is 3.21. The molecule has 2 aromatic rings. The number of amides is 1. The van der Waals surface area contributed by atoms with Crippen molar-refractivity contribution in [1.82, 2.24) is 13.9 Å². The summed E-state index contributed by atoms with van der Waals surface area (Å²) in [5.74, 6) is -0.796. The molecular weight excluding hydrogens is 380 g/mol. The largest absolute Gasteiger partial charge is 0.336 e. The maximum Gasteiger partial charge on any atom is 0.262 e. The molecule has 1 aliphatic rings. The zero-order valence-electron chi connectivity index (χ0n) is 16.0. The Kier molecular flexibility index (Phi) is 5.95. The first-order valence-electron chi connectivity index (χ1n) is 9.25. The summed E-state index contributed by atoms with van der Waals surface area (Å²) in [6.45, 7) is 4.47. The van der Waals surface area contributed by atoms with Gasteiger partial charge in [-0.2, -0.15) is 4.31 Å². The monoisotopic (exact) mass is 404 g/mol. The lowest BCUT2D eigenvalue weighted by atomic mass is 9.98. The Labute approximate surface area is 164 Å². The summed E-state index contributed by atoms with van der Waals surface area (Å²) < 4.78 is 28.7. The SMILES string of the molecule is CCn1cnc(S(=O)(=O)N2CCC[C@H](C(=O)Nc3cccc(C(C)=O)c3)C2)c1. The van der Waals surface area contributed by atoms with Crippen LogP contribution in [-0.4, -0.2) is 47.1 Å². The molecule has 8 nitrogen and oxygen atoms in total. The number of ketones is 1. The van der Waals surface area contributed by atoms with E-state index < -0.39 is 15.9 Å². The number of Topliss-reactive ketones (excluding diaryl/α,β-unsaturated/α-hetero) is 1. The van der Waals surface area contributed by atoms with Crippen LogP contribution in [-0.2, 0) is 21.4 Å². The van der Waals surface area contributed by atoms with Crippen LogP contribution >= 0.6 is 0 Å². The molecule has 1 aromatic carbocycles. The van der Waals surface area contributed by atoms with Gasteiger partial charge >= 0.3 is 0 Å². The molecule has 0 saturated carbocycles. The molecule has 0 unspecified atom stereocenters. The van der Waals surface area contributed by atoms with Crippen LogP contribution in [0.2, 0.25) is 0 Å². The van der Waals surface area contributed by atoms with Crippen LogP contribution in [0.25, 0.3) is 0 Å². The number of aromatic nitrogens is 2. The molecule has 0 bridgehead atoms. The van der Waals surface area contributed by atoms with E-state index in [-0.39, 0.29) is 23.3 Å². The average molecular weight is 404 g/mol. The normalized spacial score (nSPS) is 18.0. The molecule has 28 heavy (non-hydrogen) atoms. The van der Waals surface area contributed by atoms with Crippen molar-refractivity contribution >= 4 is 27.4 Å². The van der Waals surface area contributed by atoms with Crippen molar-refractivity contribution in [2.45, 2.75) is 38.3 Å². The fourth-order valence-corrected chi connectivity index (χ4v) is 4.67. The van der Waals surface area contributed by atoms with E-state index >= 15 is 0 Å². The Hall–Kier alpha value is -2.52. The van der Waals surface area contributed by atoms with Gasteiger partial charge in [-0.3, -0.25) is 9.59 Å². The lowest BCUT2D eigenvalue weighted by Gasteiger charge is -2.30. The standard InChI is InChI=1S/C19H24N4O4S/c1-3-22-12-18(20-13-22)28(26,27)23-9-5-7-16(11-23)19(25)21-17-8-4-6-15(10-17)14(2)24/h4,6,8,10,12-13,16H,3,5,7,9,11H2,1-2H3,(H,21,25)/t16-/m0/s1. The summed E-state index contributed by atoms with van der Waals surface area (Å²) >= 11 is 0. The second kappa shape index (κ2) is 8.24. The van der Waals surface area contributed by atoms with Crippen molar-refractivity contribution in [2.24, 2.45) is 5.92 Å². The number of carbonyl (C=O) groups excluding carboxylic acids is 2. The number of nitrogens with one attached hydrogen (secondary N) is 1. The third-order valence-electron chi connectivity index (χ3n) is 4.87. The molecule has 0 radical (unpaired) electrons. The van der Waals surface area contributed by atoms with E-state index in [4.69, 9.17) is 0 Å². The van der Waals surface area contributed by atoms with Crippen molar-refractivity contribution in [3.8, 4) is 0 Å². The van der Waals surface area contributed by atoms with Crippen LogP contribution in [0.15, 0.2) is 41.8 Å². The van der Waals surface area contributed by atoms with E-state index in [2.05, 4.69) is 10.3 Å². The second-order valence-electron chi connectivity index (χ2n) is 6.87. The van der Waals surface area contributed by atoms with Gasteiger partial charge in [0.05, 0.1) is 12.2 Å². The van der Waals surface area contributed by atoms with Crippen molar-refractivity contribution in [1.29, 1.82) is 0 Å². The average Bonchev–Trinajstić information content (AvgIpc) is 3.18. The summed E-state index contributed by atoms with van der Waals surface area (Å²) in [5, 5.41) is 2.80. The van der Waals surface area contributed by atoms with Gasteiger partial charge in [-0.25, -0.2) is 13.4 Å². The van der Waals surface area contributed by atoms with Gasteiger partial charge in [0, 0.05) is 37.1 Å². The molecule has 0 aliphatic carbocycles. The Morgan fingerprint density at radius 2 is 2.11 bits per heavy atom. The number of anilines is 1. The number of carbonyl (C=O) groups is 2. The van der Waals surface area contributed by atoms with Crippen LogP contribution in [0.4, 0.5) is 5.69 Å². The number of benzene rings is 1. The molecule has 1 atom stereocenters. The highest BCUT2D eigenvalue weighted by atomic mass is 32.2. The van der Waals surface area contributed by atoms with Gasteiger partial charge in [-0.1, -0.05) is 12.1 Å². The number of hydrogen-bond acceptors (Lipinski definition) is 5. The van der Waals surface area contributed by atoms with Gasteiger partial charge < -0.3 is 9.88 Å². The van der Waals surface area contributed by atoms with Gasteiger partial charge in [0.15, 0.2) is 10.8 Å². The molecule has 150 valence electrons. The molecule has 1 saturated heterocycles. The van der Waals surface area contributed by atoms with Crippen molar-refractivity contribution in [3.05, 3.63) is 42.4 Å². The van der Waals surface area contributed by atoms with Crippen molar-refractivity contribution in [3.63, 3.8) is 0 Å². The van der Waals surface area contributed by atoms with Crippen LogP contribution in [0.1, 0.15) is 37.0 Å². The highest BCUT2D eigenvalue weighted by molar-refractivity contribution is 7.89. The van der Waals surface area contributed by atoms with E-state index in [1.165, 1.54) is 23.8 Å². The molecule has 1 aromatic heterocycles. The predicted octanol–water partition coefficient (Wildman–Crippen LogP) is 2.14. The van der Waals surface area contributed by atoms with Crippen molar-refractivity contribution < 1.29 is 18.0 Å². The molecule has 1 fully saturated rings. The number of aryl methyl sites for hydroxylation is 1. The molecule has 9 heteroatoms. The number of rotatable bonds is 6. The molecule has 1 N–H and O–H groups in total. The molecule has 0 spiro atoms. The van der Waals surface area contributed by atoms with Gasteiger partial charge in [-0.15, -0.1) is 0 Å². The molecule has 3 rings (SSSR count). The number of imidazole rings is 1. The first-order chi connectivity index (χ1) is 13.3. The summed E-state index contributed by atoms with van der Waals surface area (Å²) in [7, 11) is -3.73. The van der Waals surface area contributed by atoms with Gasteiger partial charge in [0.2, 0.25) is 5.91 Å². The van der Waals surface area contributed by atoms with Crippen LogP contribution in [0.5, 0.6) is 0 Å². The Morgan fingerprint density at radius 3 is 2.79 bits per heavy atom. The highest BCUT2D eigenvalue weighted by Gasteiger charge is 2.34. The summed E-state index contributed by atoms with van der Waals surface area (Å²) in [4.78, 5) is 28.2. The summed E-state index contributed by atoms with van der Waals surface area (Å²) in [6.07, 6.45) is 4.20. The summed E-state index contributed by atoms with van der Waals surface area (Å²) in [6, 6.07) is 6.71. The van der Waals surface area contributed by atoms with Crippen LogP contribution < -0.4 is 5.32 Å². The quantitative estimate of drug-likeness (QED) is 0.744. The molecule has 1 aliphatic heterocycles. The zero-order valence-corrected chi connectivity index (χ0v) is 16.8. The second-order valence-corrected chi connectivity index (χ2v) is 8.76. The maximum atomic E-state index is 12.8. The Bertz CT molecular complexity index is 983. The lowest BCUT2D eigenvalue weighted by molar-refractivity contribution is -0.120. The third kappa shape index (κ3) is 4.31. The Balaban J connectivity index is 1.71. The van der Waals surface area contributed by atoms with Gasteiger partial charge in [0.1, 0.15) is 0 Å². The van der Waals surface area contributed by atoms with E-state index in [9.17, 15) is 18.0 Å². The van der Waals surface area contributed by atoms with E-state index in [0.717, 1.165) is 0 Å². The topological polar surface area (TPSA) is 101 Å². The molecular formula is C19H24N4O4S. The number of hydrogen-bond donors (Lipinski definition) is 1. The summed E-state index contributed by atoms with van der Waals surface area (Å²) in [5.41, 5.74) is 1.04. The Morgan fingerprint density at radius 1 is 1.32 bits per heavy atom. The highest BCUT2D eigenvalue weighted by Crippen LogP contribution is 2.24. The van der Waals surface area contributed by atoms with Crippen LogP contribution in [0, 0.1) is 5.92 Å². The smallest absolute Gasteiger partial charge is 0.262 e. The number of nitrogens with zero attached hydrogens (tertiary/aromatic N) is 3. The lowest BCUT2D eigenvalue weighted by Crippen LogP contribution is -2.43. The van der Waals surface area contributed by atoms with E-state index in [0.29, 0.717) is 37.2 Å². The number of sulfonamides is 1. The first kappa shape index (κ1) is 20.2.